The third-order valence-electron chi connectivity index (χ3n) is 3.77. The van der Waals surface area contributed by atoms with Crippen LogP contribution in [0.3, 0.4) is 0 Å². The Bertz CT molecular complexity index is 514. The lowest BCUT2D eigenvalue weighted by atomic mass is 10.1. The van der Waals surface area contributed by atoms with Gasteiger partial charge < -0.3 is 15.5 Å². The maximum Gasteiger partial charge on any atom is 0.339 e. The van der Waals surface area contributed by atoms with Crippen LogP contribution >= 0.6 is 0 Å². The standard InChI is InChI=1S/C18H27NO4/c1-2-3-4-5-6-7-8-9-10-17(21)19-14-11-12-15(18(22)23)16(20)13-14/h11-13,20H,2-10H2,1H3,(H,19,21)(H,22,23). The number of unbranched alkanes of at least 4 members (excludes halogenated alkanes) is 7. The summed E-state index contributed by atoms with van der Waals surface area (Å²) in [5, 5.41) is 21.1. The molecule has 3 N–H and O–H groups in total. The number of carboxylic acid groups (broad SMARTS) is 1. The van der Waals surface area contributed by atoms with E-state index < -0.39 is 5.97 Å². The molecule has 0 bridgehead atoms. The molecular weight excluding hydrogens is 294 g/mol. The van der Waals surface area contributed by atoms with Crippen molar-refractivity contribution in [3.8, 4) is 5.75 Å². The van der Waals surface area contributed by atoms with Crippen LogP contribution in [0.1, 0.15) is 75.1 Å². The van der Waals surface area contributed by atoms with E-state index in [2.05, 4.69) is 12.2 Å². The van der Waals surface area contributed by atoms with E-state index in [0.29, 0.717) is 12.1 Å². The Hall–Kier alpha value is -2.04. The summed E-state index contributed by atoms with van der Waals surface area (Å²) in [5.41, 5.74) is 0.239. The van der Waals surface area contributed by atoms with Gasteiger partial charge in [0.25, 0.3) is 0 Å². The van der Waals surface area contributed by atoms with Crippen LogP contribution in [-0.2, 0) is 4.79 Å². The van der Waals surface area contributed by atoms with Gasteiger partial charge in [-0.1, -0.05) is 51.9 Å². The molecule has 0 aromatic heterocycles. The van der Waals surface area contributed by atoms with Crippen LogP contribution in [0, 0.1) is 0 Å². The first-order valence-corrected chi connectivity index (χ1v) is 8.40. The molecule has 1 amide bonds. The van der Waals surface area contributed by atoms with E-state index in [1.807, 2.05) is 0 Å². The molecule has 0 saturated carbocycles. The number of rotatable bonds is 11. The number of carboxylic acids is 1. The minimum Gasteiger partial charge on any atom is -0.507 e. The number of anilines is 1. The van der Waals surface area contributed by atoms with Gasteiger partial charge in [-0.2, -0.15) is 0 Å². The van der Waals surface area contributed by atoms with Gasteiger partial charge in [0.15, 0.2) is 0 Å². The third-order valence-corrected chi connectivity index (χ3v) is 3.77. The molecular formula is C18H27NO4. The fraction of sp³-hybridized carbons (Fsp3) is 0.556. The lowest BCUT2D eigenvalue weighted by Gasteiger charge is -2.07. The van der Waals surface area contributed by atoms with E-state index >= 15 is 0 Å². The van der Waals surface area contributed by atoms with Crippen molar-refractivity contribution in [1.82, 2.24) is 0 Å². The second kappa shape index (κ2) is 10.6. The fourth-order valence-corrected chi connectivity index (χ4v) is 2.43. The summed E-state index contributed by atoms with van der Waals surface area (Å²) in [6.45, 7) is 2.20. The molecule has 128 valence electrons. The molecule has 1 aromatic carbocycles. The summed E-state index contributed by atoms with van der Waals surface area (Å²) >= 11 is 0. The summed E-state index contributed by atoms with van der Waals surface area (Å²) in [5.74, 6) is -1.65. The van der Waals surface area contributed by atoms with Gasteiger partial charge in [0.2, 0.25) is 5.91 Å². The Morgan fingerprint density at radius 1 is 1.00 bits per heavy atom. The SMILES string of the molecule is CCCCCCCCCCC(=O)Nc1ccc(C(=O)O)c(O)c1. The molecule has 0 radical (unpaired) electrons. The van der Waals surface area contributed by atoms with Gasteiger partial charge in [-0.15, -0.1) is 0 Å². The van der Waals surface area contributed by atoms with Crippen LogP contribution in [0.2, 0.25) is 0 Å². The largest absolute Gasteiger partial charge is 0.507 e. The number of hydrogen-bond acceptors (Lipinski definition) is 3. The average Bonchev–Trinajstić information content (AvgIpc) is 2.49. The van der Waals surface area contributed by atoms with Gasteiger partial charge in [-0.05, 0) is 18.6 Å². The molecule has 0 aliphatic rings. The van der Waals surface area contributed by atoms with E-state index in [4.69, 9.17) is 5.11 Å². The normalized spacial score (nSPS) is 10.5. The second-order valence-corrected chi connectivity index (χ2v) is 5.81. The molecule has 0 spiro atoms. The number of aromatic carboxylic acids is 1. The highest BCUT2D eigenvalue weighted by atomic mass is 16.4. The summed E-state index contributed by atoms with van der Waals surface area (Å²) in [4.78, 5) is 22.6. The predicted octanol–water partition coefficient (Wildman–Crippen LogP) is 4.56. The van der Waals surface area contributed by atoms with Crippen molar-refractivity contribution in [3.05, 3.63) is 23.8 Å². The smallest absolute Gasteiger partial charge is 0.339 e. The molecule has 0 aliphatic heterocycles. The van der Waals surface area contributed by atoms with Gasteiger partial charge in [-0.25, -0.2) is 4.79 Å². The molecule has 5 nitrogen and oxygen atoms in total. The van der Waals surface area contributed by atoms with Crippen LogP contribution in [0.15, 0.2) is 18.2 Å². The summed E-state index contributed by atoms with van der Waals surface area (Å²) < 4.78 is 0. The van der Waals surface area contributed by atoms with Crippen molar-refractivity contribution >= 4 is 17.6 Å². The van der Waals surface area contributed by atoms with Crippen molar-refractivity contribution in [2.75, 3.05) is 5.32 Å². The lowest BCUT2D eigenvalue weighted by Crippen LogP contribution is -2.11. The number of nitrogens with one attached hydrogen (secondary N) is 1. The molecule has 0 heterocycles. The minimum absolute atomic E-state index is 0.113. The monoisotopic (exact) mass is 321 g/mol. The Morgan fingerprint density at radius 3 is 2.17 bits per heavy atom. The molecule has 23 heavy (non-hydrogen) atoms. The van der Waals surface area contributed by atoms with E-state index in [-0.39, 0.29) is 17.2 Å². The molecule has 5 heteroatoms. The Labute approximate surface area is 137 Å². The predicted molar refractivity (Wildman–Crippen MR) is 90.9 cm³/mol. The zero-order valence-corrected chi connectivity index (χ0v) is 13.8. The summed E-state index contributed by atoms with van der Waals surface area (Å²) in [7, 11) is 0. The molecule has 0 atom stereocenters. The van der Waals surface area contributed by atoms with E-state index in [1.165, 1.54) is 50.3 Å². The van der Waals surface area contributed by atoms with Gasteiger partial charge in [0, 0.05) is 18.2 Å². The number of phenols is 1. The van der Waals surface area contributed by atoms with Crippen molar-refractivity contribution in [3.63, 3.8) is 0 Å². The molecule has 0 aliphatic carbocycles. The molecule has 0 unspecified atom stereocenters. The fourth-order valence-electron chi connectivity index (χ4n) is 2.43. The summed E-state index contributed by atoms with van der Waals surface area (Å²) in [6.07, 6.45) is 9.84. The maximum atomic E-state index is 11.8. The first-order valence-electron chi connectivity index (χ1n) is 8.40. The molecule has 1 aromatic rings. The van der Waals surface area contributed by atoms with E-state index in [9.17, 15) is 14.7 Å². The Kier molecular flexibility index (Phi) is 8.80. The number of carbonyl (C=O) groups excluding carboxylic acids is 1. The highest BCUT2D eigenvalue weighted by molar-refractivity contribution is 5.94. The quantitative estimate of drug-likeness (QED) is 0.521. The minimum atomic E-state index is -1.20. The van der Waals surface area contributed by atoms with E-state index in [1.54, 1.807) is 0 Å². The molecule has 0 fully saturated rings. The third kappa shape index (κ3) is 7.68. The molecule has 0 saturated heterocycles. The lowest BCUT2D eigenvalue weighted by molar-refractivity contribution is -0.116. The van der Waals surface area contributed by atoms with Gasteiger partial charge in [-0.3, -0.25) is 4.79 Å². The highest BCUT2D eigenvalue weighted by Gasteiger charge is 2.10. The van der Waals surface area contributed by atoms with Crippen LogP contribution in [0.4, 0.5) is 5.69 Å². The average molecular weight is 321 g/mol. The Morgan fingerprint density at radius 2 is 1.61 bits per heavy atom. The van der Waals surface area contributed by atoms with Crippen LogP contribution in [0.5, 0.6) is 5.75 Å². The van der Waals surface area contributed by atoms with Crippen molar-refractivity contribution in [2.24, 2.45) is 0 Å². The van der Waals surface area contributed by atoms with Gasteiger partial charge >= 0.3 is 5.97 Å². The number of benzene rings is 1. The first kappa shape index (κ1) is 19.0. The summed E-state index contributed by atoms with van der Waals surface area (Å²) in [6, 6.07) is 4.02. The van der Waals surface area contributed by atoms with Gasteiger partial charge in [0.05, 0.1) is 0 Å². The van der Waals surface area contributed by atoms with Crippen molar-refractivity contribution < 1.29 is 19.8 Å². The number of carbonyl (C=O) groups is 2. The second-order valence-electron chi connectivity index (χ2n) is 5.81. The zero-order chi connectivity index (χ0) is 17.1. The number of amides is 1. The number of aromatic hydroxyl groups is 1. The van der Waals surface area contributed by atoms with E-state index in [0.717, 1.165) is 19.3 Å². The molecule has 1 rings (SSSR count). The highest BCUT2D eigenvalue weighted by Crippen LogP contribution is 2.22. The maximum absolute atomic E-state index is 11.8. The topological polar surface area (TPSA) is 86.6 Å². The van der Waals surface area contributed by atoms with Crippen molar-refractivity contribution in [1.29, 1.82) is 0 Å². The van der Waals surface area contributed by atoms with Crippen LogP contribution < -0.4 is 5.32 Å². The Balaban J connectivity index is 2.21. The zero-order valence-electron chi connectivity index (χ0n) is 13.8. The van der Waals surface area contributed by atoms with Crippen LogP contribution in [-0.4, -0.2) is 22.1 Å². The van der Waals surface area contributed by atoms with Crippen LogP contribution in [0.25, 0.3) is 0 Å². The first-order chi connectivity index (χ1) is 11.0. The van der Waals surface area contributed by atoms with Crippen molar-refractivity contribution in [2.45, 2.75) is 64.7 Å². The van der Waals surface area contributed by atoms with Gasteiger partial charge in [0.1, 0.15) is 11.3 Å². The number of hydrogen-bond donors (Lipinski definition) is 3.